The minimum absolute atomic E-state index is 0.258. The zero-order valence-electron chi connectivity index (χ0n) is 12.0. The Balaban J connectivity index is 1.83. The molecular formula is C17H13ClFN3O. The van der Waals surface area contributed by atoms with Gasteiger partial charge in [-0.1, -0.05) is 48.0 Å². The van der Waals surface area contributed by atoms with Crippen molar-refractivity contribution in [1.29, 1.82) is 0 Å². The number of aromatic amines is 1. The second kappa shape index (κ2) is 6.62. The fraction of sp³-hybridized carbons (Fsp3) is 0.0588. The lowest BCUT2D eigenvalue weighted by Gasteiger charge is -2.08. The second-order valence-electron chi connectivity index (χ2n) is 4.93. The minimum Gasteiger partial charge on any atom is -0.352 e. The van der Waals surface area contributed by atoms with E-state index in [9.17, 15) is 9.18 Å². The van der Waals surface area contributed by atoms with Gasteiger partial charge in [-0.05, 0) is 17.7 Å². The van der Waals surface area contributed by atoms with Crippen LogP contribution in [-0.4, -0.2) is 9.97 Å². The number of rotatable bonds is 4. The fourth-order valence-electron chi connectivity index (χ4n) is 2.14. The highest BCUT2D eigenvalue weighted by atomic mass is 35.5. The molecule has 0 radical (unpaired) electrons. The lowest BCUT2D eigenvalue weighted by atomic mass is 10.1. The second-order valence-corrected chi connectivity index (χ2v) is 5.34. The molecular weight excluding hydrogens is 317 g/mol. The van der Waals surface area contributed by atoms with Crippen LogP contribution in [0.4, 0.5) is 10.3 Å². The molecule has 0 saturated heterocycles. The van der Waals surface area contributed by atoms with Crippen LogP contribution < -0.4 is 10.9 Å². The van der Waals surface area contributed by atoms with E-state index in [1.807, 2.05) is 30.3 Å². The lowest BCUT2D eigenvalue weighted by Crippen LogP contribution is -2.12. The third-order valence-corrected chi connectivity index (χ3v) is 3.62. The Hall–Kier alpha value is -2.66. The summed E-state index contributed by atoms with van der Waals surface area (Å²) in [5.74, 6) is -0.0619. The van der Waals surface area contributed by atoms with Crippen LogP contribution in [0.3, 0.4) is 0 Å². The van der Waals surface area contributed by atoms with Crippen LogP contribution in [-0.2, 0) is 6.54 Å². The highest BCUT2D eigenvalue weighted by Crippen LogP contribution is 2.19. The summed E-state index contributed by atoms with van der Waals surface area (Å²) in [6.45, 7) is 0.320. The molecule has 0 bridgehead atoms. The van der Waals surface area contributed by atoms with Crippen molar-refractivity contribution < 1.29 is 4.39 Å². The number of anilines is 1. The van der Waals surface area contributed by atoms with Gasteiger partial charge < -0.3 is 5.32 Å². The summed E-state index contributed by atoms with van der Waals surface area (Å²) in [5.41, 5.74) is 1.87. The van der Waals surface area contributed by atoms with Gasteiger partial charge in [-0.2, -0.15) is 0 Å². The van der Waals surface area contributed by atoms with Gasteiger partial charge in [0, 0.05) is 23.2 Å². The third kappa shape index (κ3) is 3.76. The summed E-state index contributed by atoms with van der Waals surface area (Å²) in [5, 5.41) is 3.32. The van der Waals surface area contributed by atoms with Crippen LogP contribution in [0.5, 0.6) is 0 Å². The topological polar surface area (TPSA) is 57.8 Å². The molecule has 0 aliphatic heterocycles. The molecule has 3 rings (SSSR count). The molecule has 0 unspecified atom stereocenters. The van der Waals surface area contributed by atoms with E-state index in [4.69, 9.17) is 11.6 Å². The number of benzene rings is 2. The highest BCUT2D eigenvalue weighted by Gasteiger charge is 2.06. The molecule has 4 nitrogen and oxygen atoms in total. The molecule has 116 valence electrons. The SMILES string of the molecule is O=c1cc(-c2ccccc2)nc(NCc2ccc(F)cc2Cl)[nH]1. The first-order valence-electron chi connectivity index (χ1n) is 6.96. The molecule has 0 atom stereocenters. The van der Waals surface area contributed by atoms with Crippen LogP contribution in [0.1, 0.15) is 5.56 Å². The zero-order valence-corrected chi connectivity index (χ0v) is 12.8. The zero-order chi connectivity index (χ0) is 16.2. The number of hydrogen-bond acceptors (Lipinski definition) is 3. The maximum Gasteiger partial charge on any atom is 0.252 e. The van der Waals surface area contributed by atoms with Crippen molar-refractivity contribution in [2.45, 2.75) is 6.54 Å². The summed E-state index contributed by atoms with van der Waals surface area (Å²) in [4.78, 5) is 18.8. The molecule has 0 saturated carbocycles. The Bertz CT molecular complexity index is 881. The summed E-state index contributed by atoms with van der Waals surface area (Å²) in [6.07, 6.45) is 0. The maximum atomic E-state index is 13.0. The van der Waals surface area contributed by atoms with Crippen LogP contribution in [0.25, 0.3) is 11.3 Å². The predicted molar refractivity (Wildman–Crippen MR) is 89.0 cm³/mol. The Labute approximate surface area is 137 Å². The van der Waals surface area contributed by atoms with Gasteiger partial charge in [0.25, 0.3) is 5.56 Å². The van der Waals surface area contributed by atoms with Crippen LogP contribution in [0.15, 0.2) is 59.4 Å². The van der Waals surface area contributed by atoms with Crippen molar-refractivity contribution in [2.75, 3.05) is 5.32 Å². The van der Waals surface area contributed by atoms with Gasteiger partial charge in [-0.15, -0.1) is 0 Å². The lowest BCUT2D eigenvalue weighted by molar-refractivity contribution is 0.627. The van der Waals surface area contributed by atoms with Gasteiger partial charge >= 0.3 is 0 Å². The summed E-state index contributed by atoms with van der Waals surface area (Å²) >= 11 is 5.98. The van der Waals surface area contributed by atoms with Gasteiger partial charge in [0.05, 0.1) is 5.69 Å². The molecule has 0 spiro atoms. The summed E-state index contributed by atoms with van der Waals surface area (Å²) < 4.78 is 13.0. The van der Waals surface area contributed by atoms with Crippen molar-refractivity contribution in [3.05, 3.63) is 81.4 Å². The molecule has 23 heavy (non-hydrogen) atoms. The number of nitrogens with one attached hydrogen (secondary N) is 2. The third-order valence-electron chi connectivity index (χ3n) is 3.27. The van der Waals surface area contributed by atoms with E-state index in [-0.39, 0.29) is 5.56 Å². The number of nitrogens with zero attached hydrogens (tertiary/aromatic N) is 1. The molecule has 2 aromatic carbocycles. The standard InChI is InChI=1S/C17H13ClFN3O/c18-14-8-13(19)7-6-12(14)10-20-17-21-15(9-16(23)22-17)11-4-2-1-3-5-11/h1-9H,10H2,(H2,20,21,22,23). The maximum absolute atomic E-state index is 13.0. The first-order chi connectivity index (χ1) is 11.1. The molecule has 0 fully saturated rings. The Morgan fingerprint density at radius 2 is 1.91 bits per heavy atom. The average molecular weight is 330 g/mol. The number of aromatic nitrogens is 2. The molecule has 3 aromatic rings. The van der Waals surface area contributed by atoms with Gasteiger partial charge in [-0.25, -0.2) is 9.37 Å². The largest absolute Gasteiger partial charge is 0.352 e. The van der Waals surface area contributed by atoms with E-state index in [1.54, 1.807) is 6.07 Å². The number of halogens is 2. The van der Waals surface area contributed by atoms with E-state index in [2.05, 4.69) is 15.3 Å². The summed E-state index contributed by atoms with van der Waals surface area (Å²) in [6, 6.07) is 15.0. The molecule has 2 N–H and O–H groups in total. The molecule has 1 aromatic heterocycles. The number of hydrogen-bond donors (Lipinski definition) is 2. The van der Waals surface area contributed by atoms with Crippen LogP contribution in [0.2, 0.25) is 5.02 Å². The van der Waals surface area contributed by atoms with E-state index in [0.29, 0.717) is 28.8 Å². The number of H-pyrrole nitrogens is 1. The average Bonchev–Trinajstić information content (AvgIpc) is 2.54. The Morgan fingerprint density at radius 3 is 2.65 bits per heavy atom. The summed E-state index contributed by atoms with van der Waals surface area (Å²) in [7, 11) is 0. The van der Waals surface area contributed by atoms with Crippen LogP contribution in [0, 0.1) is 5.82 Å². The Morgan fingerprint density at radius 1 is 1.13 bits per heavy atom. The van der Waals surface area contributed by atoms with Gasteiger partial charge in [0.15, 0.2) is 0 Å². The van der Waals surface area contributed by atoms with E-state index >= 15 is 0 Å². The van der Waals surface area contributed by atoms with E-state index in [1.165, 1.54) is 18.2 Å². The minimum atomic E-state index is -0.392. The first-order valence-corrected chi connectivity index (χ1v) is 7.34. The van der Waals surface area contributed by atoms with Crippen LogP contribution >= 0.6 is 11.6 Å². The van der Waals surface area contributed by atoms with Crippen molar-refractivity contribution in [1.82, 2.24) is 9.97 Å². The van der Waals surface area contributed by atoms with E-state index in [0.717, 1.165) is 5.56 Å². The molecule has 0 aliphatic rings. The van der Waals surface area contributed by atoms with Crippen molar-refractivity contribution in [2.24, 2.45) is 0 Å². The molecule has 1 heterocycles. The van der Waals surface area contributed by atoms with Gasteiger partial charge in [0.2, 0.25) is 5.95 Å². The van der Waals surface area contributed by atoms with E-state index < -0.39 is 5.82 Å². The first kappa shape index (κ1) is 15.2. The van der Waals surface area contributed by atoms with Crippen molar-refractivity contribution >= 4 is 17.5 Å². The molecule has 0 amide bonds. The fourth-order valence-corrected chi connectivity index (χ4v) is 2.38. The smallest absolute Gasteiger partial charge is 0.252 e. The highest BCUT2D eigenvalue weighted by molar-refractivity contribution is 6.31. The predicted octanol–water partition coefficient (Wildman–Crippen LogP) is 3.84. The quantitative estimate of drug-likeness (QED) is 0.764. The van der Waals surface area contributed by atoms with Crippen molar-refractivity contribution in [3.63, 3.8) is 0 Å². The van der Waals surface area contributed by atoms with Crippen molar-refractivity contribution in [3.8, 4) is 11.3 Å². The molecule has 0 aliphatic carbocycles. The normalized spacial score (nSPS) is 10.5. The Kier molecular flexibility index (Phi) is 4.39. The monoisotopic (exact) mass is 329 g/mol. The molecule has 6 heteroatoms. The van der Waals surface area contributed by atoms with Gasteiger partial charge in [0.1, 0.15) is 5.82 Å². The van der Waals surface area contributed by atoms with Gasteiger partial charge in [-0.3, -0.25) is 9.78 Å².